The molecule has 1 aromatic heterocycles. The Balaban J connectivity index is 0.00000200. The average molecular weight is 411 g/mol. The molecule has 20 heavy (non-hydrogen) atoms. The lowest BCUT2D eigenvalue weighted by Crippen LogP contribution is -2.42. The monoisotopic (exact) mass is 411 g/mol. The van der Waals surface area contributed by atoms with Crippen LogP contribution in [0.15, 0.2) is 9.52 Å². The summed E-state index contributed by atoms with van der Waals surface area (Å²) in [5, 5.41) is 3.92. The molecule has 0 spiro atoms. The SMILES string of the molecule is CC(C)c1noc(CCN=C(N)N2CCSCC2)n1.I. The standard InChI is InChI=1S/C12H21N5OS.HI/c1-9(2)11-15-10(18-16-11)3-4-14-12(13)17-5-7-19-8-6-17;/h9H,3-8H2,1-2H3,(H2,13,14);1H. The smallest absolute Gasteiger partial charge is 0.228 e. The molecule has 2 heterocycles. The van der Waals surface area contributed by atoms with Crippen molar-refractivity contribution in [3.05, 3.63) is 11.7 Å². The third-order valence-electron chi connectivity index (χ3n) is 2.93. The van der Waals surface area contributed by atoms with Gasteiger partial charge in [0.25, 0.3) is 0 Å². The molecule has 0 amide bonds. The van der Waals surface area contributed by atoms with Crippen LogP contribution in [0.5, 0.6) is 0 Å². The molecular formula is C12H22IN5OS. The molecule has 1 saturated heterocycles. The zero-order chi connectivity index (χ0) is 13.7. The first-order valence-corrected chi connectivity index (χ1v) is 7.77. The molecule has 8 heteroatoms. The predicted octanol–water partition coefficient (Wildman–Crippen LogP) is 1.72. The van der Waals surface area contributed by atoms with Crippen LogP contribution in [0.3, 0.4) is 0 Å². The number of aliphatic imine (C=N–C) groups is 1. The van der Waals surface area contributed by atoms with Crippen molar-refractivity contribution in [1.82, 2.24) is 15.0 Å². The zero-order valence-electron chi connectivity index (χ0n) is 11.9. The highest BCUT2D eigenvalue weighted by Gasteiger charge is 2.12. The highest BCUT2D eigenvalue weighted by Crippen LogP contribution is 2.10. The summed E-state index contributed by atoms with van der Waals surface area (Å²) in [6.07, 6.45) is 0.642. The summed E-state index contributed by atoms with van der Waals surface area (Å²) in [7, 11) is 0. The Morgan fingerprint density at radius 3 is 2.75 bits per heavy atom. The third-order valence-corrected chi connectivity index (χ3v) is 3.88. The van der Waals surface area contributed by atoms with E-state index < -0.39 is 0 Å². The second-order valence-electron chi connectivity index (χ2n) is 4.79. The van der Waals surface area contributed by atoms with E-state index in [4.69, 9.17) is 10.3 Å². The first kappa shape index (κ1) is 17.5. The Kier molecular flexibility index (Phi) is 7.63. The van der Waals surface area contributed by atoms with Crippen LogP contribution in [0.4, 0.5) is 0 Å². The van der Waals surface area contributed by atoms with Crippen LogP contribution in [-0.4, -0.2) is 52.1 Å². The summed E-state index contributed by atoms with van der Waals surface area (Å²) < 4.78 is 5.17. The number of rotatable bonds is 4. The van der Waals surface area contributed by atoms with Crippen LogP contribution in [0.2, 0.25) is 0 Å². The van der Waals surface area contributed by atoms with Crippen molar-refractivity contribution < 1.29 is 4.52 Å². The molecule has 0 aliphatic carbocycles. The summed E-state index contributed by atoms with van der Waals surface area (Å²) in [6.45, 7) is 6.64. The molecular weight excluding hydrogens is 389 g/mol. The van der Waals surface area contributed by atoms with Gasteiger partial charge in [-0.1, -0.05) is 19.0 Å². The number of halogens is 1. The highest BCUT2D eigenvalue weighted by molar-refractivity contribution is 14.0. The molecule has 2 N–H and O–H groups in total. The fourth-order valence-corrected chi connectivity index (χ4v) is 2.67. The number of aromatic nitrogens is 2. The minimum Gasteiger partial charge on any atom is -0.370 e. The van der Waals surface area contributed by atoms with E-state index in [0.717, 1.165) is 30.4 Å². The predicted molar refractivity (Wildman–Crippen MR) is 92.9 cm³/mol. The van der Waals surface area contributed by atoms with E-state index in [0.29, 0.717) is 24.8 Å². The second kappa shape index (κ2) is 8.71. The lowest BCUT2D eigenvalue weighted by Gasteiger charge is -2.27. The Hall–Kier alpha value is -0.510. The fourth-order valence-electron chi connectivity index (χ4n) is 1.76. The van der Waals surface area contributed by atoms with E-state index >= 15 is 0 Å². The lowest BCUT2D eigenvalue weighted by atomic mass is 10.2. The van der Waals surface area contributed by atoms with Crippen LogP contribution >= 0.6 is 35.7 Å². The van der Waals surface area contributed by atoms with Gasteiger partial charge < -0.3 is 15.2 Å². The number of nitrogens with two attached hydrogens (primary N) is 1. The molecule has 0 radical (unpaired) electrons. The summed E-state index contributed by atoms with van der Waals surface area (Å²) in [6, 6.07) is 0. The Labute approximate surface area is 141 Å². The lowest BCUT2D eigenvalue weighted by molar-refractivity contribution is 0.372. The van der Waals surface area contributed by atoms with Crippen LogP contribution in [0.25, 0.3) is 0 Å². The van der Waals surface area contributed by atoms with Crippen molar-refractivity contribution in [3.63, 3.8) is 0 Å². The molecule has 0 saturated carbocycles. The first-order valence-electron chi connectivity index (χ1n) is 6.62. The largest absolute Gasteiger partial charge is 0.370 e. The quantitative estimate of drug-likeness (QED) is 0.462. The van der Waals surface area contributed by atoms with Gasteiger partial charge in [0.1, 0.15) is 0 Å². The molecule has 2 rings (SSSR count). The maximum absolute atomic E-state index is 5.97. The number of nitrogens with zero attached hydrogens (tertiary/aromatic N) is 4. The molecule has 0 aromatic carbocycles. The number of hydrogen-bond acceptors (Lipinski definition) is 5. The van der Waals surface area contributed by atoms with E-state index in [1.807, 2.05) is 25.6 Å². The summed E-state index contributed by atoms with van der Waals surface area (Å²) in [5.74, 6) is 4.55. The molecule has 0 atom stereocenters. The minimum atomic E-state index is 0. The Morgan fingerprint density at radius 1 is 1.45 bits per heavy atom. The van der Waals surface area contributed by atoms with E-state index in [1.54, 1.807) is 0 Å². The molecule has 114 valence electrons. The van der Waals surface area contributed by atoms with Gasteiger partial charge in [-0.15, -0.1) is 24.0 Å². The molecule has 0 unspecified atom stereocenters. The van der Waals surface area contributed by atoms with Gasteiger partial charge in [0.05, 0.1) is 6.54 Å². The number of thioether (sulfide) groups is 1. The normalized spacial score (nSPS) is 16.4. The van der Waals surface area contributed by atoms with Gasteiger partial charge in [-0.3, -0.25) is 4.99 Å². The molecule has 1 aliphatic heterocycles. The van der Waals surface area contributed by atoms with E-state index in [-0.39, 0.29) is 29.9 Å². The van der Waals surface area contributed by atoms with Crippen molar-refractivity contribution >= 4 is 41.7 Å². The maximum atomic E-state index is 5.97. The maximum Gasteiger partial charge on any atom is 0.228 e. The van der Waals surface area contributed by atoms with Crippen molar-refractivity contribution in [2.75, 3.05) is 31.1 Å². The Morgan fingerprint density at radius 2 is 2.15 bits per heavy atom. The van der Waals surface area contributed by atoms with Crippen LogP contribution in [0, 0.1) is 0 Å². The summed E-state index contributed by atoms with van der Waals surface area (Å²) in [5.41, 5.74) is 5.97. The summed E-state index contributed by atoms with van der Waals surface area (Å²) in [4.78, 5) is 10.8. The minimum absolute atomic E-state index is 0. The average Bonchev–Trinajstić information content (AvgIpc) is 2.89. The van der Waals surface area contributed by atoms with Gasteiger partial charge in [-0.25, -0.2) is 0 Å². The van der Waals surface area contributed by atoms with Crippen molar-refractivity contribution in [2.45, 2.75) is 26.2 Å². The molecule has 1 fully saturated rings. The number of guanidine groups is 1. The Bertz CT molecular complexity index is 431. The second-order valence-corrected chi connectivity index (χ2v) is 6.02. The molecule has 1 aliphatic rings. The fraction of sp³-hybridized carbons (Fsp3) is 0.750. The van der Waals surface area contributed by atoms with E-state index in [1.165, 1.54) is 0 Å². The third kappa shape index (κ3) is 5.12. The van der Waals surface area contributed by atoms with Crippen LogP contribution in [-0.2, 0) is 6.42 Å². The van der Waals surface area contributed by atoms with Crippen LogP contribution < -0.4 is 5.73 Å². The van der Waals surface area contributed by atoms with Crippen molar-refractivity contribution in [1.29, 1.82) is 0 Å². The van der Waals surface area contributed by atoms with Crippen molar-refractivity contribution in [2.24, 2.45) is 10.7 Å². The van der Waals surface area contributed by atoms with Crippen molar-refractivity contribution in [3.8, 4) is 0 Å². The van der Waals surface area contributed by atoms with Gasteiger partial charge >= 0.3 is 0 Å². The van der Waals surface area contributed by atoms with E-state index in [2.05, 4.69) is 20.0 Å². The number of hydrogen-bond donors (Lipinski definition) is 1. The van der Waals surface area contributed by atoms with Gasteiger partial charge in [0, 0.05) is 36.9 Å². The van der Waals surface area contributed by atoms with Gasteiger partial charge in [-0.2, -0.15) is 16.7 Å². The topological polar surface area (TPSA) is 80.5 Å². The van der Waals surface area contributed by atoms with Gasteiger partial charge in [0.2, 0.25) is 5.89 Å². The van der Waals surface area contributed by atoms with Crippen LogP contribution in [0.1, 0.15) is 31.5 Å². The molecule has 1 aromatic rings. The molecule has 6 nitrogen and oxygen atoms in total. The van der Waals surface area contributed by atoms with Gasteiger partial charge in [-0.05, 0) is 0 Å². The zero-order valence-corrected chi connectivity index (χ0v) is 15.1. The highest BCUT2D eigenvalue weighted by atomic mass is 127. The van der Waals surface area contributed by atoms with E-state index in [9.17, 15) is 0 Å². The van der Waals surface area contributed by atoms with Gasteiger partial charge in [0.15, 0.2) is 11.8 Å². The first-order chi connectivity index (χ1) is 9.16. The summed E-state index contributed by atoms with van der Waals surface area (Å²) >= 11 is 1.96. The molecule has 0 bridgehead atoms.